The topological polar surface area (TPSA) is 52.9 Å². The van der Waals surface area contributed by atoms with Gasteiger partial charge in [-0.15, -0.1) is 0 Å². The molecule has 1 aromatic carbocycles. The number of anilines is 1. The van der Waals surface area contributed by atoms with E-state index in [1.807, 2.05) is 6.07 Å². The number of nitrogens with zero attached hydrogens (tertiary/aromatic N) is 1. The third-order valence-corrected chi connectivity index (χ3v) is 3.19. The van der Waals surface area contributed by atoms with Crippen LogP contribution < -0.4 is 5.32 Å². The average Bonchev–Trinajstić information content (AvgIpc) is 2.23. The van der Waals surface area contributed by atoms with Gasteiger partial charge in [-0.05, 0) is 35.0 Å². The van der Waals surface area contributed by atoms with Crippen LogP contribution in [-0.4, -0.2) is 5.91 Å². The summed E-state index contributed by atoms with van der Waals surface area (Å²) >= 11 is 9.10. The van der Waals surface area contributed by atoms with E-state index in [-0.39, 0.29) is 5.91 Å². The van der Waals surface area contributed by atoms with Crippen molar-refractivity contribution in [3.8, 4) is 6.07 Å². The number of carbonyl (C=O) groups is 1. The van der Waals surface area contributed by atoms with Crippen molar-refractivity contribution in [3.63, 3.8) is 0 Å². The van der Waals surface area contributed by atoms with Gasteiger partial charge in [0.15, 0.2) is 0 Å². The molecule has 1 N–H and O–H groups in total. The molecular weight excluding hydrogens is 279 g/mol. The van der Waals surface area contributed by atoms with Crippen LogP contribution in [0.2, 0.25) is 5.02 Å². The molecule has 5 heteroatoms. The van der Waals surface area contributed by atoms with Crippen LogP contribution in [0, 0.1) is 17.2 Å². The Morgan fingerprint density at radius 1 is 1.67 bits per heavy atom. The van der Waals surface area contributed by atoms with Crippen LogP contribution in [0.3, 0.4) is 0 Å². The summed E-state index contributed by atoms with van der Waals surface area (Å²) in [6.45, 7) is 1.54. The zero-order valence-electron chi connectivity index (χ0n) is 7.92. The largest absolute Gasteiger partial charge is 0.324 e. The number of carbonyl (C=O) groups excluding carboxylic acids is 1. The fourth-order valence-electron chi connectivity index (χ4n) is 0.900. The highest BCUT2D eigenvalue weighted by molar-refractivity contribution is 9.10. The number of rotatable bonds is 2. The third-order valence-electron chi connectivity index (χ3n) is 1.80. The average molecular weight is 288 g/mol. The Morgan fingerprint density at radius 3 is 2.93 bits per heavy atom. The summed E-state index contributed by atoms with van der Waals surface area (Å²) < 4.78 is 0.616. The summed E-state index contributed by atoms with van der Waals surface area (Å²) in [6, 6.07) is 6.99. The molecule has 0 aliphatic carbocycles. The predicted octanol–water partition coefficient (Wildman–Crippen LogP) is 3.20. The molecule has 0 saturated carbocycles. The van der Waals surface area contributed by atoms with Gasteiger partial charge in [-0.25, -0.2) is 0 Å². The van der Waals surface area contributed by atoms with E-state index in [4.69, 9.17) is 16.9 Å². The van der Waals surface area contributed by atoms with Gasteiger partial charge in [-0.3, -0.25) is 4.79 Å². The summed E-state index contributed by atoms with van der Waals surface area (Å²) in [4.78, 5) is 11.4. The second-order valence-corrected chi connectivity index (χ2v) is 4.14. The van der Waals surface area contributed by atoms with Gasteiger partial charge in [0.2, 0.25) is 5.91 Å². The first-order chi connectivity index (χ1) is 7.06. The maximum atomic E-state index is 11.4. The highest BCUT2D eigenvalue weighted by Gasteiger charge is 2.13. The molecule has 1 aromatic rings. The Hall–Kier alpha value is -1.05. The van der Waals surface area contributed by atoms with Crippen molar-refractivity contribution in [1.29, 1.82) is 5.26 Å². The molecule has 0 aliphatic heterocycles. The molecule has 1 rings (SSSR count). The smallest absolute Gasteiger partial charge is 0.241 e. The number of hydrogen-bond acceptors (Lipinski definition) is 2. The van der Waals surface area contributed by atoms with Gasteiger partial charge < -0.3 is 5.32 Å². The highest BCUT2D eigenvalue weighted by atomic mass is 79.9. The first-order valence-corrected chi connectivity index (χ1v) is 5.38. The molecule has 1 unspecified atom stereocenters. The Balaban J connectivity index is 2.87. The Morgan fingerprint density at radius 2 is 2.33 bits per heavy atom. The van der Waals surface area contributed by atoms with E-state index in [0.29, 0.717) is 15.2 Å². The molecule has 0 aromatic heterocycles. The summed E-state index contributed by atoms with van der Waals surface area (Å²) in [5.41, 5.74) is 0.564. The van der Waals surface area contributed by atoms with E-state index in [1.54, 1.807) is 18.2 Å². The highest BCUT2D eigenvalue weighted by Crippen LogP contribution is 2.30. The molecule has 15 heavy (non-hydrogen) atoms. The molecule has 0 spiro atoms. The molecule has 1 amide bonds. The number of halogens is 2. The van der Waals surface area contributed by atoms with Crippen molar-refractivity contribution in [2.45, 2.75) is 6.92 Å². The lowest BCUT2D eigenvalue weighted by Crippen LogP contribution is -2.19. The van der Waals surface area contributed by atoms with Crippen molar-refractivity contribution in [2.75, 3.05) is 5.32 Å². The van der Waals surface area contributed by atoms with Crippen LogP contribution in [0.25, 0.3) is 0 Å². The fourth-order valence-corrected chi connectivity index (χ4v) is 1.44. The van der Waals surface area contributed by atoms with Gasteiger partial charge in [0.05, 0.1) is 21.3 Å². The van der Waals surface area contributed by atoms with Gasteiger partial charge in [0, 0.05) is 0 Å². The predicted molar refractivity (Wildman–Crippen MR) is 62.6 cm³/mol. The number of nitriles is 1. The first-order valence-electron chi connectivity index (χ1n) is 4.20. The van der Waals surface area contributed by atoms with E-state index in [2.05, 4.69) is 21.2 Å². The normalized spacial score (nSPS) is 11.6. The van der Waals surface area contributed by atoms with Crippen molar-refractivity contribution in [2.24, 2.45) is 5.92 Å². The Bertz CT molecular complexity index is 428. The summed E-state index contributed by atoms with van der Waals surface area (Å²) in [7, 11) is 0. The number of nitrogens with one attached hydrogen (secondary N) is 1. The van der Waals surface area contributed by atoms with Crippen molar-refractivity contribution >= 4 is 39.1 Å². The molecule has 0 heterocycles. The minimum Gasteiger partial charge on any atom is -0.324 e. The number of amides is 1. The van der Waals surface area contributed by atoms with Crippen LogP contribution in [0.15, 0.2) is 22.7 Å². The van der Waals surface area contributed by atoms with Crippen LogP contribution in [0.1, 0.15) is 6.92 Å². The maximum Gasteiger partial charge on any atom is 0.241 e. The molecule has 3 nitrogen and oxygen atoms in total. The third kappa shape index (κ3) is 2.95. The van der Waals surface area contributed by atoms with Gasteiger partial charge in [-0.1, -0.05) is 17.7 Å². The van der Waals surface area contributed by atoms with Gasteiger partial charge in [0.25, 0.3) is 0 Å². The minimum absolute atomic E-state index is 0.347. The molecule has 0 bridgehead atoms. The summed E-state index contributed by atoms with van der Waals surface area (Å²) in [5, 5.41) is 11.7. The van der Waals surface area contributed by atoms with Crippen LogP contribution in [0.5, 0.6) is 0 Å². The van der Waals surface area contributed by atoms with Crippen molar-refractivity contribution in [3.05, 3.63) is 27.7 Å². The van der Waals surface area contributed by atoms with Gasteiger partial charge in [0.1, 0.15) is 5.92 Å². The SMILES string of the molecule is CC(C#N)C(=O)Nc1cccc(Cl)c1Br. The van der Waals surface area contributed by atoms with Gasteiger partial charge >= 0.3 is 0 Å². The summed E-state index contributed by atoms with van der Waals surface area (Å²) in [5.74, 6) is -1.03. The fraction of sp³-hybridized carbons (Fsp3) is 0.200. The lowest BCUT2D eigenvalue weighted by atomic mass is 10.2. The second-order valence-electron chi connectivity index (χ2n) is 2.94. The van der Waals surface area contributed by atoms with E-state index in [9.17, 15) is 4.79 Å². The van der Waals surface area contributed by atoms with E-state index in [1.165, 1.54) is 6.92 Å². The van der Waals surface area contributed by atoms with E-state index >= 15 is 0 Å². The number of benzene rings is 1. The summed E-state index contributed by atoms with van der Waals surface area (Å²) in [6.07, 6.45) is 0. The standard InChI is InChI=1S/C10H8BrClN2O/c1-6(5-13)10(15)14-8-4-2-3-7(12)9(8)11/h2-4,6H,1H3,(H,14,15). The monoisotopic (exact) mass is 286 g/mol. The minimum atomic E-state index is -0.684. The van der Waals surface area contributed by atoms with Crippen LogP contribution in [0.4, 0.5) is 5.69 Å². The van der Waals surface area contributed by atoms with E-state index < -0.39 is 5.92 Å². The zero-order valence-corrected chi connectivity index (χ0v) is 10.3. The Kier molecular flexibility index (Phi) is 4.13. The first kappa shape index (κ1) is 12.0. The second kappa shape index (κ2) is 5.15. The molecule has 1 atom stereocenters. The number of hydrogen-bond donors (Lipinski definition) is 1. The van der Waals surface area contributed by atoms with Crippen molar-refractivity contribution in [1.82, 2.24) is 0 Å². The Labute approximate surface area is 101 Å². The lowest BCUT2D eigenvalue weighted by molar-refractivity contribution is -0.117. The maximum absolute atomic E-state index is 11.4. The molecule has 0 radical (unpaired) electrons. The zero-order chi connectivity index (χ0) is 11.4. The lowest BCUT2D eigenvalue weighted by Gasteiger charge is -2.08. The quantitative estimate of drug-likeness (QED) is 0.908. The van der Waals surface area contributed by atoms with Crippen molar-refractivity contribution < 1.29 is 4.79 Å². The van der Waals surface area contributed by atoms with E-state index in [0.717, 1.165) is 0 Å². The molecule has 78 valence electrons. The van der Waals surface area contributed by atoms with Crippen LogP contribution in [-0.2, 0) is 4.79 Å². The molecule has 0 aliphatic rings. The molecule has 0 saturated heterocycles. The van der Waals surface area contributed by atoms with Gasteiger partial charge in [-0.2, -0.15) is 5.26 Å². The molecule has 0 fully saturated rings. The molecular formula is C10H8BrClN2O. The van der Waals surface area contributed by atoms with Crippen LogP contribution >= 0.6 is 27.5 Å².